The zero-order chi connectivity index (χ0) is 18.1. The minimum Gasteiger partial charge on any atom is -1.00 e. The first-order valence-electron chi connectivity index (χ1n) is 6.90. The van der Waals surface area contributed by atoms with Crippen molar-refractivity contribution in [2.75, 3.05) is 45.8 Å². The fourth-order valence-electron chi connectivity index (χ4n) is 1.34. The molecule has 1 rings (SSSR count). The summed E-state index contributed by atoms with van der Waals surface area (Å²) in [7, 11) is -4.94. The van der Waals surface area contributed by atoms with Gasteiger partial charge in [0.1, 0.15) is 0 Å². The van der Waals surface area contributed by atoms with E-state index < -0.39 is 16.2 Å². The molecule has 0 radical (unpaired) electrons. The molecule has 0 unspecified atom stereocenters. The number of carboxylic acids is 1. The molecule has 152 valence electrons. The van der Waals surface area contributed by atoms with Crippen LogP contribution in [0.4, 0.5) is 0 Å². The molecule has 1 aliphatic rings. The van der Waals surface area contributed by atoms with Crippen LogP contribution in [-0.4, -0.2) is 57.5 Å². The van der Waals surface area contributed by atoms with E-state index in [0.29, 0.717) is 26.1 Å². The molecule has 0 spiro atoms. The predicted molar refractivity (Wildman–Crippen MR) is 70.4 cm³/mol. The van der Waals surface area contributed by atoms with Gasteiger partial charge in [-0.15, -0.1) is 10.2 Å². The Labute approximate surface area is 165 Å². The van der Waals surface area contributed by atoms with Crippen LogP contribution in [0, 0.1) is 10.2 Å². The zero-order valence-corrected chi connectivity index (χ0v) is 16.1. The molecule has 11 nitrogen and oxygen atoms in total. The molecule has 0 aliphatic carbocycles. The number of hydrogen-bond acceptors (Lipinski definition) is 11. The molecular weight excluding hydrogens is 428 g/mol. The summed E-state index contributed by atoms with van der Waals surface area (Å²) in [6.07, 6.45) is 1.45. The SMILES string of the molecule is NCCNCCNCCN.O=C([O-])C1=NCCC1.[Cl-].[Co+3].[O-][Cl+3]([O-])([O-])[O-]. The smallest absolute Gasteiger partial charge is 1.00 e. The molecule has 25 heavy (non-hydrogen) atoms. The van der Waals surface area contributed by atoms with Gasteiger partial charge in [-0.2, -0.15) is 0 Å². The van der Waals surface area contributed by atoms with Crippen molar-refractivity contribution in [2.24, 2.45) is 16.5 Å². The molecule has 0 aromatic rings. The molecular formula is C11H24Cl2CoN5O6. The summed E-state index contributed by atoms with van der Waals surface area (Å²) in [6, 6.07) is 0. The Morgan fingerprint density at radius 3 is 1.64 bits per heavy atom. The van der Waals surface area contributed by atoms with Crippen LogP contribution in [0.25, 0.3) is 0 Å². The maximum absolute atomic E-state index is 9.96. The van der Waals surface area contributed by atoms with Crippen LogP contribution in [0.1, 0.15) is 12.8 Å². The number of aliphatic carboxylic acids is 1. The number of aliphatic imine (C=N–C) groups is 1. The van der Waals surface area contributed by atoms with Gasteiger partial charge in [-0.1, -0.05) is 0 Å². The first-order chi connectivity index (χ1) is 10.7. The maximum Gasteiger partial charge on any atom is 3.00 e. The molecule has 0 atom stereocenters. The molecule has 0 saturated carbocycles. The molecule has 1 heterocycles. The number of nitrogens with zero attached hydrogens (tertiary/aromatic N) is 1. The largest absolute Gasteiger partial charge is 3.00 e. The van der Waals surface area contributed by atoms with Crippen molar-refractivity contribution in [3.63, 3.8) is 0 Å². The van der Waals surface area contributed by atoms with Crippen LogP contribution < -0.4 is 58.3 Å². The molecule has 14 heteroatoms. The van der Waals surface area contributed by atoms with E-state index in [1.54, 1.807) is 0 Å². The summed E-state index contributed by atoms with van der Waals surface area (Å²) in [5, 5.41) is 16.3. The summed E-state index contributed by atoms with van der Waals surface area (Å²) < 4.78 is 34.0. The summed E-state index contributed by atoms with van der Waals surface area (Å²) >= 11 is 0. The summed E-state index contributed by atoms with van der Waals surface area (Å²) in [4.78, 5) is 13.6. The fraction of sp³-hybridized carbons (Fsp3) is 0.818. The minimum atomic E-state index is -4.94. The van der Waals surface area contributed by atoms with Gasteiger partial charge in [0.2, 0.25) is 0 Å². The second kappa shape index (κ2) is 21.9. The Kier molecular flexibility index (Phi) is 28.6. The summed E-state index contributed by atoms with van der Waals surface area (Å²) in [6.45, 7) is 5.79. The standard InChI is InChI=1S/C6H18N4.C5H7NO2.ClHO4.ClH.Co/c7-1-3-9-5-6-10-4-2-8;7-5(8)4-2-1-3-6-4;2-1(3,4)5;;/h9-10H,1-8H2;1-3H2,(H,7,8);(H,2,3,4,5);1H;/q;;;;+3/p-3. The van der Waals surface area contributed by atoms with Crippen LogP contribution in [0.2, 0.25) is 0 Å². The quantitative estimate of drug-likeness (QED) is 0.255. The number of nitrogens with one attached hydrogen (secondary N) is 2. The van der Waals surface area contributed by atoms with Gasteiger partial charge < -0.3 is 44.4 Å². The van der Waals surface area contributed by atoms with Gasteiger partial charge in [-0.25, -0.2) is 18.6 Å². The average molecular weight is 452 g/mol. The van der Waals surface area contributed by atoms with Crippen molar-refractivity contribution in [1.82, 2.24) is 10.6 Å². The fourth-order valence-corrected chi connectivity index (χ4v) is 1.34. The second-order valence-corrected chi connectivity index (χ2v) is 4.93. The Morgan fingerprint density at radius 1 is 1.04 bits per heavy atom. The Bertz CT molecular complexity index is 323. The van der Waals surface area contributed by atoms with Crippen molar-refractivity contribution >= 4 is 11.7 Å². The van der Waals surface area contributed by atoms with Crippen molar-refractivity contribution in [3.8, 4) is 0 Å². The van der Waals surface area contributed by atoms with Gasteiger partial charge in [0.05, 0.1) is 11.7 Å². The minimum absolute atomic E-state index is 0. The summed E-state index contributed by atoms with van der Waals surface area (Å²) in [5.41, 5.74) is 10.8. The molecule has 0 fully saturated rings. The van der Waals surface area contributed by atoms with Gasteiger partial charge >= 0.3 is 16.8 Å². The van der Waals surface area contributed by atoms with Gasteiger partial charge in [0.15, 0.2) is 0 Å². The second-order valence-electron chi connectivity index (χ2n) is 4.17. The number of hydrogen-bond donors (Lipinski definition) is 4. The number of rotatable bonds is 8. The Morgan fingerprint density at radius 2 is 1.44 bits per heavy atom. The van der Waals surface area contributed by atoms with Crippen LogP contribution in [0.15, 0.2) is 4.99 Å². The van der Waals surface area contributed by atoms with Crippen LogP contribution in [0.5, 0.6) is 0 Å². The normalized spacial score (nSPS) is 12.3. The third kappa shape index (κ3) is 35.8. The van der Waals surface area contributed by atoms with Crippen molar-refractivity contribution < 1.29 is 68.0 Å². The van der Waals surface area contributed by atoms with Crippen molar-refractivity contribution in [1.29, 1.82) is 0 Å². The third-order valence-corrected chi connectivity index (χ3v) is 2.23. The van der Waals surface area contributed by atoms with E-state index in [2.05, 4.69) is 15.6 Å². The van der Waals surface area contributed by atoms with Gasteiger partial charge in [-0.05, 0) is 12.8 Å². The van der Waals surface area contributed by atoms with Gasteiger partial charge in [0, 0.05) is 45.8 Å². The molecule has 0 aromatic carbocycles. The molecule has 1 aliphatic heterocycles. The molecule has 0 bridgehead atoms. The first kappa shape index (κ1) is 32.6. The van der Waals surface area contributed by atoms with E-state index in [0.717, 1.165) is 32.6 Å². The number of carbonyl (C=O) groups is 1. The first-order valence-corrected chi connectivity index (χ1v) is 8.13. The number of nitrogens with two attached hydrogens (primary N) is 2. The summed E-state index contributed by atoms with van der Waals surface area (Å²) in [5.74, 6) is -1.11. The molecule has 0 amide bonds. The van der Waals surface area contributed by atoms with E-state index in [1.807, 2.05) is 0 Å². The predicted octanol–water partition coefficient (Wildman–Crippen LogP) is -10.7. The Hall–Kier alpha value is -0.0935. The van der Waals surface area contributed by atoms with E-state index in [9.17, 15) is 9.90 Å². The number of halogens is 2. The van der Waals surface area contributed by atoms with E-state index in [4.69, 9.17) is 30.1 Å². The van der Waals surface area contributed by atoms with E-state index in [-0.39, 0.29) is 34.9 Å². The molecule has 0 aromatic heterocycles. The van der Waals surface area contributed by atoms with Crippen LogP contribution in [-0.2, 0) is 21.6 Å². The Balaban J connectivity index is -0.000000133. The molecule has 6 N–H and O–H groups in total. The topological polar surface area (TPSA) is 221 Å². The third-order valence-electron chi connectivity index (χ3n) is 2.23. The number of carboxylic acid groups (broad SMARTS) is 1. The van der Waals surface area contributed by atoms with Gasteiger partial charge in [0.25, 0.3) is 0 Å². The number of carbonyl (C=O) groups excluding carboxylic acids is 1. The van der Waals surface area contributed by atoms with E-state index in [1.165, 1.54) is 0 Å². The van der Waals surface area contributed by atoms with Gasteiger partial charge in [-0.3, -0.25) is 4.99 Å². The zero-order valence-electron chi connectivity index (χ0n) is 13.5. The average Bonchev–Trinajstić information content (AvgIpc) is 2.96. The van der Waals surface area contributed by atoms with Crippen LogP contribution >= 0.6 is 0 Å². The monoisotopic (exact) mass is 451 g/mol. The maximum atomic E-state index is 9.96. The van der Waals surface area contributed by atoms with E-state index >= 15 is 0 Å². The van der Waals surface area contributed by atoms with Crippen LogP contribution in [0.3, 0.4) is 0 Å². The van der Waals surface area contributed by atoms with Crippen molar-refractivity contribution in [3.05, 3.63) is 0 Å². The van der Waals surface area contributed by atoms with Crippen molar-refractivity contribution in [2.45, 2.75) is 12.8 Å². The molecule has 0 saturated heterocycles.